The zero-order chi connectivity index (χ0) is 12.9. The Morgan fingerprint density at radius 2 is 1.79 bits per heavy atom. The number of fused-ring (bicyclic) bond motifs is 1. The molecule has 0 atom stereocenters. The minimum absolute atomic E-state index is 0.648. The Morgan fingerprint density at radius 1 is 0.895 bits per heavy atom. The largest absolute Gasteiger partial charge is 0.305 e. The molecule has 0 aliphatic rings. The zero-order valence-electron chi connectivity index (χ0n) is 10.4. The predicted molar refractivity (Wildman–Crippen MR) is 76.4 cm³/mol. The average molecular weight is 250 g/mol. The van der Waals surface area contributed by atoms with E-state index in [0.717, 1.165) is 22.4 Å². The van der Waals surface area contributed by atoms with Crippen molar-refractivity contribution in [1.82, 2.24) is 15.4 Å². The normalized spacial score (nSPS) is 10.5. The van der Waals surface area contributed by atoms with E-state index < -0.39 is 0 Å². The molecule has 0 fully saturated rings. The molecule has 2 aromatic heterocycles. The van der Waals surface area contributed by atoms with Crippen LogP contribution in [0.5, 0.6) is 0 Å². The summed E-state index contributed by atoms with van der Waals surface area (Å²) in [5, 5.41) is 1.14. The molecule has 0 saturated heterocycles. The van der Waals surface area contributed by atoms with Gasteiger partial charge < -0.3 is 5.43 Å². The van der Waals surface area contributed by atoms with E-state index in [9.17, 15) is 0 Å². The van der Waals surface area contributed by atoms with Crippen molar-refractivity contribution in [1.29, 1.82) is 0 Å². The second kappa shape index (κ2) is 5.46. The van der Waals surface area contributed by atoms with Crippen LogP contribution >= 0.6 is 0 Å². The minimum atomic E-state index is 0.648. The number of aromatic nitrogens is 2. The molecule has 4 heteroatoms. The van der Waals surface area contributed by atoms with Gasteiger partial charge in [0.15, 0.2) is 0 Å². The van der Waals surface area contributed by atoms with E-state index in [2.05, 4.69) is 20.8 Å². The maximum Gasteiger partial charge on any atom is 0.140 e. The molecule has 0 saturated carbocycles. The number of nitrogens with zero attached hydrogens (tertiary/aromatic N) is 2. The van der Waals surface area contributed by atoms with Gasteiger partial charge in [0.05, 0.1) is 17.8 Å². The third kappa shape index (κ3) is 2.86. The van der Waals surface area contributed by atoms with Gasteiger partial charge >= 0.3 is 0 Å². The van der Waals surface area contributed by atoms with Crippen LogP contribution in [0.2, 0.25) is 0 Å². The van der Waals surface area contributed by atoms with Gasteiger partial charge in [-0.05, 0) is 30.3 Å². The van der Waals surface area contributed by atoms with Crippen molar-refractivity contribution >= 4 is 16.7 Å². The molecule has 0 amide bonds. The fourth-order valence-electron chi connectivity index (χ4n) is 1.86. The highest BCUT2D eigenvalue weighted by molar-refractivity contribution is 5.79. The van der Waals surface area contributed by atoms with Crippen LogP contribution in [0.1, 0.15) is 5.69 Å². The van der Waals surface area contributed by atoms with Crippen molar-refractivity contribution in [2.75, 3.05) is 5.43 Å². The minimum Gasteiger partial charge on any atom is -0.305 e. The van der Waals surface area contributed by atoms with Crippen molar-refractivity contribution in [3.05, 3.63) is 66.5 Å². The Morgan fingerprint density at radius 3 is 2.68 bits per heavy atom. The molecule has 3 aromatic rings. The lowest BCUT2D eigenvalue weighted by molar-refractivity contribution is 0.772. The fourth-order valence-corrected chi connectivity index (χ4v) is 1.86. The molecular weight excluding hydrogens is 236 g/mol. The lowest BCUT2D eigenvalue weighted by Gasteiger charge is -2.08. The summed E-state index contributed by atoms with van der Waals surface area (Å²) in [5.74, 6) is 0.801. The van der Waals surface area contributed by atoms with Crippen molar-refractivity contribution in [3.8, 4) is 0 Å². The number of nitrogens with one attached hydrogen (secondary N) is 2. The summed E-state index contributed by atoms with van der Waals surface area (Å²) in [5.41, 5.74) is 8.15. The third-order valence-corrected chi connectivity index (χ3v) is 2.81. The zero-order valence-corrected chi connectivity index (χ0v) is 10.4. The topological polar surface area (TPSA) is 49.8 Å². The highest BCUT2D eigenvalue weighted by Gasteiger charge is 1.97. The van der Waals surface area contributed by atoms with Crippen LogP contribution in [0.15, 0.2) is 60.8 Å². The molecule has 0 spiro atoms. The molecule has 2 N–H and O–H groups in total. The summed E-state index contributed by atoms with van der Waals surface area (Å²) in [6.07, 6.45) is 1.78. The summed E-state index contributed by atoms with van der Waals surface area (Å²) >= 11 is 0. The Balaban J connectivity index is 1.65. The fraction of sp³-hybridized carbons (Fsp3) is 0.0667. The predicted octanol–water partition coefficient (Wildman–Crippen LogP) is 2.75. The second-order valence-corrected chi connectivity index (χ2v) is 4.19. The van der Waals surface area contributed by atoms with Crippen LogP contribution < -0.4 is 10.9 Å². The van der Waals surface area contributed by atoms with Crippen LogP contribution in [-0.2, 0) is 6.54 Å². The van der Waals surface area contributed by atoms with Gasteiger partial charge in [0.25, 0.3) is 0 Å². The highest BCUT2D eigenvalue weighted by Crippen LogP contribution is 2.13. The molecule has 0 radical (unpaired) electrons. The van der Waals surface area contributed by atoms with Gasteiger partial charge in [-0.1, -0.05) is 24.3 Å². The van der Waals surface area contributed by atoms with Crippen molar-refractivity contribution in [2.45, 2.75) is 6.54 Å². The maximum absolute atomic E-state index is 4.51. The van der Waals surface area contributed by atoms with Crippen molar-refractivity contribution in [3.63, 3.8) is 0 Å². The average Bonchev–Trinajstić information content (AvgIpc) is 2.48. The number of benzene rings is 1. The molecule has 19 heavy (non-hydrogen) atoms. The molecule has 2 heterocycles. The van der Waals surface area contributed by atoms with E-state index in [1.807, 2.05) is 54.6 Å². The maximum atomic E-state index is 4.51. The van der Waals surface area contributed by atoms with Crippen LogP contribution in [0.25, 0.3) is 10.9 Å². The molecular formula is C15H14N4. The summed E-state index contributed by atoms with van der Waals surface area (Å²) in [4.78, 5) is 8.75. The summed E-state index contributed by atoms with van der Waals surface area (Å²) in [6, 6.07) is 17.9. The molecule has 1 aromatic carbocycles. The Kier molecular flexibility index (Phi) is 3.34. The van der Waals surface area contributed by atoms with Gasteiger partial charge in [0.2, 0.25) is 0 Å². The smallest absolute Gasteiger partial charge is 0.140 e. The molecule has 0 bridgehead atoms. The van der Waals surface area contributed by atoms with E-state index >= 15 is 0 Å². The van der Waals surface area contributed by atoms with Crippen LogP contribution in [-0.4, -0.2) is 9.97 Å². The lowest BCUT2D eigenvalue weighted by Crippen LogP contribution is -2.22. The lowest BCUT2D eigenvalue weighted by atomic mass is 10.2. The first-order valence-electron chi connectivity index (χ1n) is 6.16. The summed E-state index contributed by atoms with van der Waals surface area (Å²) in [6.45, 7) is 0.648. The van der Waals surface area contributed by atoms with Gasteiger partial charge in [-0.15, -0.1) is 0 Å². The SMILES string of the molecule is c1ccc(CNNc2ccc3ccccc3n2)nc1. The number of rotatable bonds is 4. The monoisotopic (exact) mass is 250 g/mol. The highest BCUT2D eigenvalue weighted by atomic mass is 15.4. The van der Waals surface area contributed by atoms with Crippen molar-refractivity contribution in [2.24, 2.45) is 0 Å². The summed E-state index contributed by atoms with van der Waals surface area (Å²) < 4.78 is 0. The Hall–Kier alpha value is -2.46. The van der Waals surface area contributed by atoms with E-state index in [0.29, 0.717) is 6.54 Å². The first-order valence-corrected chi connectivity index (χ1v) is 6.16. The van der Waals surface area contributed by atoms with E-state index in [4.69, 9.17) is 0 Å². The molecule has 0 aliphatic heterocycles. The number of hydrogen-bond acceptors (Lipinski definition) is 4. The number of hydrogen-bond donors (Lipinski definition) is 2. The van der Waals surface area contributed by atoms with Gasteiger partial charge in [-0.3, -0.25) is 4.98 Å². The van der Waals surface area contributed by atoms with Crippen LogP contribution in [0.4, 0.5) is 5.82 Å². The number of para-hydroxylation sites is 1. The van der Waals surface area contributed by atoms with E-state index in [-0.39, 0.29) is 0 Å². The first-order chi connectivity index (χ1) is 9.42. The number of pyridine rings is 2. The van der Waals surface area contributed by atoms with Gasteiger partial charge in [-0.25, -0.2) is 10.4 Å². The number of hydrazine groups is 1. The van der Waals surface area contributed by atoms with E-state index in [1.165, 1.54) is 0 Å². The molecule has 94 valence electrons. The van der Waals surface area contributed by atoms with Crippen molar-refractivity contribution < 1.29 is 0 Å². The third-order valence-electron chi connectivity index (χ3n) is 2.81. The molecule has 3 rings (SSSR count). The molecule has 0 unspecified atom stereocenters. The van der Waals surface area contributed by atoms with Gasteiger partial charge in [-0.2, -0.15) is 0 Å². The van der Waals surface area contributed by atoms with E-state index in [1.54, 1.807) is 6.20 Å². The molecule has 4 nitrogen and oxygen atoms in total. The molecule has 0 aliphatic carbocycles. The van der Waals surface area contributed by atoms with Crippen LogP contribution in [0, 0.1) is 0 Å². The standard InChI is InChI=1S/C15H14N4/c1-2-7-14-12(5-1)8-9-15(18-14)19-17-11-13-6-3-4-10-16-13/h1-10,17H,11H2,(H,18,19). The van der Waals surface area contributed by atoms with Crippen LogP contribution in [0.3, 0.4) is 0 Å². The first kappa shape index (κ1) is 11.6. The Bertz CT molecular complexity index is 667. The number of anilines is 1. The quantitative estimate of drug-likeness (QED) is 0.699. The second-order valence-electron chi connectivity index (χ2n) is 4.19. The van der Waals surface area contributed by atoms with Gasteiger partial charge in [0, 0.05) is 11.6 Å². The summed E-state index contributed by atoms with van der Waals surface area (Å²) in [7, 11) is 0. The Labute approximate surface area is 111 Å². The van der Waals surface area contributed by atoms with Gasteiger partial charge in [0.1, 0.15) is 5.82 Å².